The van der Waals surface area contributed by atoms with Crippen LogP contribution in [0.1, 0.15) is 57.7 Å². The molecule has 1 heterocycles. The molecular formula is C27H27NO4S2. The minimum absolute atomic E-state index is 0.00666. The van der Waals surface area contributed by atoms with Crippen molar-refractivity contribution in [1.29, 1.82) is 0 Å². The molecule has 1 fully saturated rings. The van der Waals surface area contributed by atoms with Crippen molar-refractivity contribution in [2.45, 2.75) is 61.0 Å². The molecule has 34 heavy (non-hydrogen) atoms. The zero-order valence-corrected chi connectivity index (χ0v) is 20.7. The van der Waals surface area contributed by atoms with Gasteiger partial charge < -0.3 is 5.11 Å². The molecule has 0 spiro atoms. The summed E-state index contributed by atoms with van der Waals surface area (Å²) in [7, 11) is 0. The van der Waals surface area contributed by atoms with Crippen LogP contribution in [0.25, 0.3) is 0 Å². The van der Waals surface area contributed by atoms with Gasteiger partial charge >= 0.3 is 5.97 Å². The van der Waals surface area contributed by atoms with Crippen LogP contribution in [0.3, 0.4) is 0 Å². The number of carboxylic acids is 1. The smallest absolute Gasteiger partial charge is 0.307 e. The number of carbonyl (C=O) groups excluding carboxylic acids is 2. The van der Waals surface area contributed by atoms with Crippen molar-refractivity contribution in [3.8, 4) is 0 Å². The summed E-state index contributed by atoms with van der Waals surface area (Å²) in [6.07, 6.45) is 6.36. The van der Waals surface area contributed by atoms with E-state index in [1.165, 1.54) is 11.3 Å². The van der Waals surface area contributed by atoms with Gasteiger partial charge in [-0.1, -0.05) is 54.4 Å². The normalized spacial score (nSPS) is 13.8. The highest BCUT2D eigenvalue weighted by atomic mass is 32.2. The number of nitrogens with zero attached hydrogens (tertiary/aromatic N) is 1. The van der Waals surface area contributed by atoms with E-state index < -0.39 is 5.97 Å². The Morgan fingerprint density at radius 1 is 1.03 bits per heavy atom. The second-order valence-corrected chi connectivity index (χ2v) is 11.3. The summed E-state index contributed by atoms with van der Waals surface area (Å²) in [5.74, 6) is -0.523. The minimum atomic E-state index is -0.849. The Balaban J connectivity index is 1.38. The molecule has 3 aromatic rings. The van der Waals surface area contributed by atoms with Gasteiger partial charge in [0.2, 0.25) is 0 Å². The van der Waals surface area contributed by atoms with Crippen molar-refractivity contribution in [1.82, 2.24) is 4.98 Å². The summed E-state index contributed by atoms with van der Waals surface area (Å²) in [4.78, 5) is 42.1. The van der Waals surface area contributed by atoms with Gasteiger partial charge in [-0.05, 0) is 49.1 Å². The van der Waals surface area contributed by atoms with Gasteiger partial charge in [-0.25, -0.2) is 4.98 Å². The van der Waals surface area contributed by atoms with Crippen molar-refractivity contribution < 1.29 is 19.5 Å². The number of thiazole rings is 1. The van der Waals surface area contributed by atoms with E-state index in [2.05, 4.69) is 4.98 Å². The van der Waals surface area contributed by atoms with Crippen LogP contribution in [0, 0.1) is 12.8 Å². The molecule has 5 nitrogen and oxygen atoms in total. The number of hydrogen-bond donors (Lipinski definition) is 1. The maximum Gasteiger partial charge on any atom is 0.307 e. The molecule has 176 valence electrons. The number of ketones is 2. The Morgan fingerprint density at radius 3 is 2.47 bits per heavy atom. The summed E-state index contributed by atoms with van der Waals surface area (Å²) in [6.45, 7) is 1.98. The number of rotatable bonds is 10. The monoisotopic (exact) mass is 493 g/mol. The van der Waals surface area contributed by atoms with Crippen LogP contribution >= 0.6 is 23.1 Å². The standard InChI is InChI=1S/C27H27NO4S2/c1-17-6-9-20(23(12-17)27(32)19-4-2-3-5-19)14-21(29)15-24-28-16-26(34-24)33-22-10-7-18(8-11-22)13-25(30)31/h6-12,16,19H,2-5,13-15H2,1H3,(H,30,31). The lowest BCUT2D eigenvalue weighted by molar-refractivity contribution is -0.136. The van der Waals surface area contributed by atoms with Gasteiger partial charge in [-0.3, -0.25) is 14.4 Å². The van der Waals surface area contributed by atoms with Gasteiger partial charge in [-0.2, -0.15) is 0 Å². The Morgan fingerprint density at radius 2 is 1.76 bits per heavy atom. The largest absolute Gasteiger partial charge is 0.481 e. The van der Waals surface area contributed by atoms with Gasteiger partial charge in [0, 0.05) is 22.8 Å². The van der Waals surface area contributed by atoms with Crippen molar-refractivity contribution >= 4 is 40.6 Å². The van der Waals surface area contributed by atoms with Crippen molar-refractivity contribution in [2.75, 3.05) is 0 Å². The molecule has 0 atom stereocenters. The second kappa shape index (κ2) is 11.1. The fraction of sp³-hybridized carbons (Fsp3) is 0.333. The lowest BCUT2D eigenvalue weighted by Gasteiger charge is -2.13. The van der Waals surface area contributed by atoms with Crippen LogP contribution in [-0.2, 0) is 28.9 Å². The average molecular weight is 494 g/mol. The number of carboxylic acid groups (broad SMARTS) is 1. The maximum absolute atomic E-state index is 13.1. The molecule has 1 aliphatic carbocycles. The summed E-state index contributed by atoms with van der Waals surface area (Å²) < 4.78 is 0.973. The topological polar surface area (TPSA) is 84.3 Å². The predicted octanol–water partition coefficient (Wildman–Crippen LogP) is 5.96. The molecule has 0 saturated heterocycles. The molecule has 1 N–H and O–H groups in total. The fourth-order valence-corrected chi connectivity index (χ4v) is 6.34. The first-order valence-corrected chi connectivity index (χ1v) is 13.1. The number of benzene rings is 2. The fourth-order valence-electron chi connectivity index (χ4n) is 4.31. The third kappa shape index (κ3) is 6.42. The maximum atomic E-state index is 13.1. The highest BCUT2D eigenvalue weighted by Gasteiger charge is 2.26. The molecule has 2 aromatic carbocycles. The molecule has 1 saturated carbocycles. The molecule has 1 aliphatic rings. The molecule has 7 heteroatoms. The molecule has 0 aliphatic heterocycles. The highest BCUT2D eigenvalue weighted by molar-refractivity contribution is 8.01. The number of carbonyl (C=O) groups is 3. The van der Waals surface area contributed by atoms with Gasteiger partial charge in [0.05, 0.1) is 23.2 Å². The molecule has 1 aromatic heterocycles. The van der Waals surface area contributed by atoms with E-state index >= 15 is 0 Å². The first kappa shape index (κ1) is 24.4. The van der Waals surface area contributed by atoms with Crippen LogP contribution < -0.4 is 0 Å². The Kier molecular flexibility index (Phi) is 7.95. The molecule has 0 amide bonds. The summed E-state index contributed by atoms with van der Waals surface area (Å²) in [5.41, 5.74) is 3.33. The number of aryl methyl sites for hydroxylation is 1. The molecule has 0 bridgehead atoms. The third-order valence-corrected chi connectivity index (χ3v) is 8.13. The summed E-state index contributed by atoms with van der Waals surface area (Å²) >= 11 is 3.03. The van der Waals surface area contributed by atoms with Gasteiger partial charge in [-0.15, -0.1) is 11.3 Å². The lowest BCUT2D eigenvalue weighted by Crippen LogP contribution is -2.16. The second-order valence-electron chi connectivity index (χ2n) is 8.79. The van der Waals surface area contributed by atoms with E-state index in [-0.39, 0.29) is 36.7 Å². The predicted molar refractivity (Wildman–Crippen MR) is 134 cm³/mol. The first-order chi connectivity index (χ1) is 16.4. The summed E-state index contributed by atoms with van der Waals surface area (Å²) in [5, 5.41) is 9.64. The van der Waals surface area contributed by atoms with Crippen molar-refractivity contribution in [2.24, 2.45) is 5.92 Å². The highest BCUT2D eigenvalue weighted by Crippen LogP contribution is 2.33. The Hall–Kier alpha value is -2.77. The minimum Gasteiger partial charge on any atom is -0.481 e. The first-order valence-electron chi connectivity index (χ1n) is 11.5. The van der Waals surface area contributed by atoms with E-state index in [1.807, 2.05) is 49.4 Å². The number of aromatic nitrogens is 1. The SMILES string of the molecule is Cc1ccc(CC(=O)Cc2ncc(Sc3ccc(CC(=O)O)cc3)s2)c(C(=O)C2CCCC2)c1. The Labute approximate surface area is 207 Å². The van der Waals surface area contributed by atoms with Crippen molar-refractivity contribution in [3.05, 3.63) is 75.9 Å². The van der Waals surface area contributed by atoms with Crippen LogP contribution in [0.5, 0.6) is 0 Å². The number of Topliss-reactive ketones (excluding diaryl/α,β-unsaturated/α-hetero) is 2. The van der Waals surface area contributed by atoms with E-state index in [1.54, 1.807) is 18.0 Å². The zero-order chi connectivity index (χ0) is 24.1. The van der Waals surface area contributed by atoms with E-state index in [4.69, 9.17) is 5.11 Å². The number of aliphatic carboxylic acids is 1. The van der Waals surface area contributed by atoms with E-state index in [0.717, 1.165) is 56.5 Å². The average Bonchev–Trinajstić information content (AvgIpc) is 3.48. The third-order valence-electron chi connectivity index (χ3n) is 6.02. The van der Waals surface area contributed by atoms with Crippen LogP contribution in [-0.4, -0.2) is 27.6 Å². The van der Waals surface area contributed by atoms with Gasteiger partial charge in [0.25, 0.3) is 0 Å². The quantitative estimate of drug-likeness (QED) is 0.351. The Bertz CT molecular complexity index is 1190. The molecule has 0 radical (unpaired) electrons. The van der Waals surface area contributed by atoms with Gasteiger partial charge in [0.15, 0.2) is 5.78 Å². The van der Waals surface area contributed by atoms with Crippen LogP contribution in [0.15, 0.2) is 57.8 Å². The molecule has 0 unspecified atom stereocenters. The van der Waals surface area contributed by atoms with E-state index in [0.29, 0.717) is 5.56 Å². The van der Waals surface area contributed by atoms with Crippen LogP contribution in [0.4, 0.5) is 0 Å². The lowest BCUT2D eigenvalue weighted by atomic mass is 9.90. The summed E-state index contributed by atoms with van der Waals surface area (Å²) in [6, 6.07) is 13.2. The van der Waals surface area contributed by atoms with Gasteiger partial charge in [0.1, 0.15) is 10.8 Å². The van der Waals surface area contributed by atoms with Crippen LogP contribution in [0.2, 0.25) is 0 Å². The molecule has 4 rings (SSSR count). The van der Waals surface area contributed by atoms with Crippen molar-refractivity contribution in [3.63, 3.8) is 0 Å². The molecular weight excluding hydrogens is 466 g/mol. The number of hydrogen-bond acceptors (Lipinski definition) is 6. The zero-order valence-electron chi connectivity index (χ0n) is 19.1. The van der Waals surface area contributed by atoms with E-state index in [9.17, 15) is 14.4 Å².